The van der Waals surface area contributed by atoms with Crippen LogP contribution in [0.4, 0.5) is 0 Å². The van der Waals surface area contributed by atoms with E-state index in [1.54, 1.807) is 13.2 Å². The molecule has 0 aliphatic carbocycles. The van der Waals surface area contributed by atoms with Crippen LogP contribution >= 0.6 is 0 Å². The van der Waals surface area contributed by atoms with Crippen LogP contribution in [0.2, 0.25) is 0 Å². The van der Waals surface area contributed by atoms with Crippen molar-refractivity contribution in [2.75, 3.05) is 7.11 Å². The highest BCUT2D eigenvalue weighted by atomic mass is 16.5. The molecule has 0 spiro atoms. The van der Waals surface area contributed by atoms with Gasteiger partial charge >= 0.3 is 0 Å². The Kier molecular flexibility index (Phi) is 7.13. The van der Waals surface area contributed by atoms with E-state index in [0.29, 0.717) is 17.9 Å². The number of hydrogen-bond donors (Lipinski definition) is 2. The smallest absolute Gasteiger partial charge is 0.129 e. The molecule has 0 heterocycles. The summed E-state index contributed by atoms with van der Waals surface area (Å²) in [6.45, 7) is 8.27. The predicted molar refractivity (Wildman–Crippen MR) is 96.4 cm³/mol. The van der Waals surface area contributed by atoms with Gasteiger partial charge in [-0.1, -0.05) is 32.0 Å². The Hall–Kier alpha value is -2.49. The monoisotopic (exact) mass is 314 g/mol. The molecule has 0 aromatic heterocycles. The largest absolute Gasteiger partial charge is 0.507 e. The molecule has 4 heteroatoms. The third-order valence-electron chi connectivity index (χ3n) is 3.57. The molecule has 3 N–H and O–H groups in total. The maximum absolute atomic E-state index is 10.1. The van der Waals surface area contributed by atoms with Crippen LogP contribution in [-0.4, -0.2) is 18.1 Å². The van der Waals surface area contributed by atoms with E-state index in [9.17, 15) is 5.11 Å². The van der Waals surface area contributed by atoms with Gasteiger partial charge in [0, 0.05) is 0 Å². The zero-order valence-electron chi connectivity index (χ0n) is 14.6. The molecule has 0 saturated carbocycles. The minimum Gasteiger partial charge on any atom is -0.507 e. The average molecular weight is 314 g/mol. The average Bonchev–Trinajstić information content (AvgIpc) is 2.60. The number of phenolic OH excluding ortho intramolecular Hbond substituents is 1. The number of benzene rings is 2. The number of nitrogens with zero attached hydrogens (tertiary/aromatic N) is 1. The van der Waals surface area contributed by atoms with Crippen molar-refractivity contribution in [2.45, 2.75) is 34.2 Å². The highest BCUT2D eigenvalue weighted by Crippen LogP contribution is 2.24. The van der Waals surface area contributed by atoms with Crippen molar-refractivity contribution in [1.29, 1.82) is 0 Å². The lowest BCUT2D eigenvalue weighted by atomic mass is 10.0. The standard InChI is InChI=1S/C17H20N2O2.C2H6/c1-11-4-9-15(16(20)12(11)2)17(18)19-10-13-5-7-14(21-3)8-6-13;1-2/h4-9,20H,10H2,1-3H3,(H2,18,19);1-2H3. The fourth-order valence-electron chi connectivity index (χ4n) is 2.00. The highest BCUT2D eigenvalue weighted by molar-refractivity contribution is 6.00. The molecule has 0 aliphatic heterocycles. The number of methoxy groups -OCH3 is 1. The Labute approximate surface area is 138 Å². The van der Waals surface area contributed by atoms with E-state index in [-0.39, 0.29) is 5.75 Å². The van der Waals surface area contributed by atoms with E-state index >= 15 is 0 Å². The van der Waals surface area contributed by atoms with Crippen LogP contribution in [0.5, 0.6) is 11.5 Å². The number of amidine groups is 1. The first-order valence-electron chi connectivity index (χ1n) is 7.75. The van der Waals surface area contributed by atoms with Gasteiger partial charge in [0.15, 0.2) is 0 Å². The number of ether oxygens (including phenoxy) is 1. The van der Waals surface area contributed by atoms with Gasteiger partial charge in [-0.2, -0.15) is 0 Å². The first-order valence-corrected chi connectivity index (χ1v) is 7.75. The summed E-state index contributed by atoms with van der Waals surface area (Å²) in [7, 11) is 1.63. The summed E-state index contributed by atoms with van der Waals surface area (Å²) >= 11 is 0. The van der Waals surface area contributed by atoms with Gasteiger partial charge in [-0.05, 0) is 48.7 Å². The van der Waals surface area contributed by atoms with Crippen LogP contribution in [0, 0.1) is 13.8 Å². The van der Waals surface area contributed by atoms with E-state index in [4.69, 9.17) is 10.5 Å². The second-order valence-corrected chi connectivity index (χ2v) is 4.95. The van der Waals surface area contributed by atoms with Gasteiger partial charge < -0.3 is 15.6 Å². The van der Waals surface area contributed by atoms with Crippen molar-refractivity contribution in [1.82, 2.24) is 0 Å². The first kappa shape index (κ1) is 18.6. The Morgan fingerprint density at radius 1 is 1.09 bits per heavy atom. The van der Waals surface area contributed by atoms with Crippen LogP contribution in [-0.2, 0) is 6.54 Å². The lowest BCUT2D eigenvalue weighted by Gasteiger charge is -2.09. The van der Waals surface area contributed by atoms with Crippen molar-refractivity contribution in [2.24, 2.45) is 10.7 Å². The van der Waals surface area contributed by atoms with E-state index < -0.39 is 0 Å². The summed E-state index contributed by atoms with van der Waals surface area (Å²) in [5.41, 5.74) is 9.45. The van der Waals surface area contributed by atoms with Crippen LogP contribution in [0.15, 0.2) is 41.4 Å². The minimum atomic E-state index is 0.200. The van der Waals surface area contributed by atoms with Crippen LogP contribution in [0.3, 0.4) is 0 Å². The van der Waals surface area contributed by atoms with E-state index in [1.807, 2.05) is 58.0 Å². The normalized spacial score (nSPS) is 10.7. The summed E-state index contributed by atoms with van der Waals surface area (Å²) in [4.78, 5) is 4.35. The fourth-order valence-corrected chi connectivity index (χ4v) is 2.00. The molecule has 0 radical (unpaired) electrons. The number of phenols is 1. The van der Waals surface area contributed by atoms with Gasteiger partial charge in [0.25, 0.3) is 0 Å². The number of hydrogen-bond acceptors (Lipinski definition) is 3. The third kappa shape index (κ3) is 4.74. The fraction of sp³-hybridized carbons (Fsp3) is 0.316. The lowest BCUT2D eigenvalue weighted by molar-refractivity contribution is 0.414. The number of aryl methyl sites for hydroxylation is 1. The molecular weight excluding hydrogens is 288 g/mol. The molecule has 0 atom stereocenters. The molecule has 2 rings (SSSR count). The Balaban J connectivity index is 0.00000127. The van der Waals surface area contributed by atoms with Gasteiger partial charge in [-0.15, -0.1) is 0 Å². The summed E-state index contributed by atoms with van der Waals surface area (Å²) < 4.78 is 5.11. The number of rotatable bonds is 4. The quantitative estimate of drug-likeness (QED) is 0.663. The SMILES string of the molecule is CC.COc1ccc(CN=C(N)c2ccc(C)c(C)c2O)cc1. The third-order valence-corrected chi connectivity index (χ3v) is 3.57. The van der Waals surface area contributed by atoms with Gasteiger partial charge in [0.1, 0.15) is 17.3 Å². The van der Waals surface area contributed by atoms with Crippen molar-refractivity contribution in [3.8, 4) is 11.5 Å². The topological polar surface area (TPSA) is 67.8 Å². The summed E-state index contributed by atoms with van der Waals surface area (Å²) in [6, 6.07) is 11.4. The van der Waals surface area contributed by atoms with Gasteiger partial charge in [-0.3, -0.25) is 4.99 Å². The second kappa shape index (κ2) is 8.83. The Morgan fingerprint density at radius 3 is 2.26 bits per heavy atom. The lowest BCUT2D eigenvalue weighted by Crippen LogP contribution is -2.14. The van der Waals surface area contributed by atoms with Gasteiger partial charge in [0.2, 0.25) is 0 Å². The van der Waals surface area contributed by atoms with Gasteiger partial charge in [-0.25, -0.2) is 0 Å². The van der Waals surface area contributed by atoms with Crippen molar-refractivity contribution >= 4 is 5.84 Å². The second-order valence-electron chi connectivity index (χ2n) is 4.95. The molecule has 124 valence electrons. The van der Waals surface area contributed by atoms with E-state index in [2.05, 4.69) is 4.99 Å². The molecule has 4 nitrogen and oxygen atoms in total. The highest BCUT2D eigenvalue weighted by Gasteiger charge is 2.09. The van der Waals surface area contributed by atoms with E-state index in [0.717, 1.165) is 22.4 Å². The Morgan fingerprint density at radius 2 is 1.70 bits per heavy atom. The minimum absolute atomic E-state index is 0.200. The van der Waals surface area contributed by atoms with Crippen LogP contribution in [0.1, 0.15) is 36.1 Å². The Bertz CT molecular complexity index is 662. The van der Waals surface area contributed by atoms with Crippen molar-refractivity contribution in [3.05, 3.63) is 58.7 Å². The maximum Gasteiger partial charge on any atom is 0.129 e. The molecule has 23 heavy (non-hydrogen) atoms. The number of nitrogens with two attached hydrogens (primary N) is 1. The van der Waals surface area contributed by atoms with Crippen molar-refractivity contribution in [3.63, 3.8) is 0 Å². The molecule has 0 aliphatic rings. The van der Waals surface area contributed by atoms with Crippen LogP contribution in [0.25, 0.3) is 0 Å². The molecule has 0 amide bonds. The summed E-state index contributed by atoms with van der Waals surface area (Å²) in [6.07, 6.45) is 0. The number of aliphatic imine (C=N–C) groups is 1. The molecule has 2 aromatic carbocycles. The zero-order chi connectivity index (χ0) is 17.4. The molecule has 0 saturated heterocycles. The summed E-state index contributed by atoms with van der Waals surface area (Å²) in [5, 5.41) is 10.1. The van der Waals surface area contributed by atoms with E-state index in [1.165, 1.54) is 0 Å². The van der Waals surface area contributed by atoms with Crippen LogP contribution < -0.4 is 10.5 Å². The first-order chi connectivity index (χ1) is 11.0. The molecular formula is C19H26N2O2. The van der Waals surface area contributed by atoms with Crippen molar-refractivity contribution < 1.29 is 9.84 Å². The molecule has 0 unspecified atom stereocenters. The molecule has 2 aromatic rings. The zero-order valence-corrected chi connectivity index (χ0v) is 14.6. The molecule has 0 bridgehead atoms. The maximum atomic E-state index is 10.1. The number of aromatic hydroxyl groups is 1. The molecule has 0 fully saturated rings. The van der Waals surface area contributed by atoms with Gasteiger partial charge in [0.05, 0.1) is 19.2 Å². The predicted octanol–water partition coefficient (Wildman–Crippen LogP) is 3.95. The summed E-state index contributed by atoms with van der Waals surface area (Å²) in [5.74, 6) is 1.35.